The Morgan fingerprint density at radius 3 is 2.28 bits per heavy atom. The van der Waals surface area contributed by atoms with Gasteiger partial charge in [0.05, 0.1) is 6.04 Å². The molecule has 1 saturated heterocycles. The van der Waals surface area contributed by atoms with Crippen molar-refractivity contribution in [3.05, 3.63) is 24.4 Å². The topological polar surface area (TPSA) is 153 Å². The van der Waals surface area contributed by atoms with Gasteiger partial charge in [-0.2, -0.15) is 0 Å². The van der Waals surface area contributed by atoms with Crippen molar-refractivity contribution >= 4 is 41.5 Å². The predicted molar refractivity (Wildman–Crippen MR) is 204 cm³/mol. The first-order valence-electron chi connectivity index (χ1n) is 19.9. The highest BCUT2D eigenvalue weighted by Gasteiger charge is 2.85. The largest absolute Gasteiger partial charge is 0.347 e. The van der Waals surface area contributed by atoms with Crippen LogP contribution in [0.15, 0.2) is 29.4 Å². The minimum atomic E-state index is -0.968. The monoisotopic (exact) mass is 751 g/mol. The number of pyridine rings is 1. The molecule has 12 nitrogen and oxygen atoms in total. The fourth-order valence-electron chi connectivity index (χ4n) is 10.0. The van der Waals surface area contributed by atoms with E-state index in [9.17, 15) is 24.0 Å². The van der Waals surface area contributed by atoms with E-state index < -0.39 is 47.2 Å². The summed E-state index contributed by atoms with van der Waals surface area (Å²) in [5.41, 5.74) is -0.906. The fourth-order valence-corrected chi connectivity index (χ4v) is 10.9. The highest BCUT2D eigenvalue weighted by atomic mass is 32.2. The third kappa shape index (κ3) is 7.58. The van der Waals surface area contributed by atoms with Crippen molar-refractivity contribution in [2.75, 3.05) is 13.6 Å². The molecule has 1 aliphatic heterocycles. The highest BCUT2D eigenvalue weighted by molar-refractivity contribution is 7.97. The minimum absolute atomic E-state index is 0.0254. The molecule has 2 spiro atoms. The lowest BCUT2D eigenvalue weighted by molar-refractivity contribution is -0.144. The van der Waals surface area contributed by atoms with E-state index in [2.05, 4.69) is 44.4 Å². The highest BCUT2D eigenvalue weighted by Crippen LogP contribution is 2.88. The molecule has 5 fully saturated rings. The van der Waals surface area contributed by atoms with Gasteiger partial charge >= 0.3 is 6.03 Å². The molecular weight excluding hydrogens is 691 g/mol. The molecule has 0 bridgehead atoms. The number of hydrogen-bond donors (Lipinski definition) is 4. The van der Waals surface area contributed by atoms with Crippen molar-refractivity contribution in [2.24, 2.45) is 21.7 Å². The van der Waals surface area contributed by atoms with Gasteiger partial charge in [0, 0.05) is 36.3 Å². The van der Waals surface area contributed by atoms with Gasteiger partial charge in [0.1, 0.15) is 17.1 Å². The molecule has 2 heterocycles. The number of Topliss-reactive ketones (excluding diaryl/α,β-unsaturated/α-hetero) is 1. The zero-order chi connectivity index (χ0) is 38.3. The van der Waals surface area contributed by atoms with Crippen LogP contribution >= 0.6 is 11.9 Å². The van der Waals surface area contributed by atoms with Gasteiger partial charge < -0.3 is 26.2 Å². The van der Waals surface area contributed by atoms with Crippen LogP contribution in [0.2, 0.25) is 0 Å². The van der Waals surface area contributed by atoms with Crippen LogP contribution in [0.5, 0.6) is 0 Å². The SMILES string of the molecule is CCC[C@@H](NC(=O)C1C[C@]2(CN1C(=O)[C@H](NC(=O)NC1CCCC[C@@H]1N(C)Sc1ccccn1)C(C)(C)C)C(C)(C)C21CCC1)C(=O)C(=O)NC1CC1. The summed E-state index contributed by atoms with van der Waals surface area (Å²) in [6, 6.07) is 2.70. The van der Waals surface area contributed by atoms with Crippen molar-refractivity contribution in [3.63, 3.8) is 0 Å². The normalized spacial score (nSPS) is 28.2. The number of nitrogens with zero attached hydrogens (tertiary/aromatic N) is 3. The number of carbonyl (C=O) groups excluding carboxylic acids is 5. The van der Waals surface area contributed by atoms with E-state index in [1.807, 2.05) is 52.9 Å². The Morgan fingerprint density at radius 1 is 0.981 bits per heavy atom. The molecule has 5 aliphatic rings. The number of aromatic nitrogens is 1. The zero-order valence-electron chi connectivity index (χ0n) is 32.8. The number of carbonyl (C=O) groups is 5. The van der Waals surface area contributed by atoms with Crippen molar-refractivity contribution < 1.29 is 24.0 Å². The summed E-state index contributed by atoms with van der Waals surface area (Å²) < 4.78 is 2.17. The van der Waals surface area contributed by atoms with Crippen LogP contribution in [-0.2, 0) is 19.2 Å². The first-order valence-corrected chi connectivity index (χ1v) is 20.7. The molecule has 4 aliphatic carbocycles. The maximum Gasteiger partial charge on any atom is 0.315 e. The smallest absolute Gasteiger partial charge is 0.315 e. The molecule has 1 aromatic rings. The standard InChI is InChI=1S/C40H61N7O5S/c1-8-14-27(31(48)34(50)42-25-18-19-25)43-33(49)29-23-40(38(5,6)39(40)20-13-21-39)24-47(29)35(51)32(37(2,3)4)45-36(52)44-26-15-9-10-16-28(26)46(7)53-30-17-11-12-22-41-30/h11-12,17,22,25-29,32H,8-10,13-16,18-21,23-24H2,1-7H3,(H,42,50)(H,43,49)(H2,44,45,52)/t26?,27-,28+,29?,32+,40+/m1/s1. The number of fused-ring (bicyclic) bond motifs is 1. The van der Waals surface area contributed by atoms with Crippen LogP contribution in [0.25, 0.3) is 0 Å². The number of amides is 5. The van der Waals surface area contributed by atoms with Gasteiger partial charge in [-0.05, 0) is 98.7 Å². The Morgan fingerprint density at radius 2 is 1.70 bits per heavy atom. The average Bonchev–Trinajstić information content (AvgIpc) is 3.91. The van der Waals surface area contributed by atoms with Crippen LogP contribution < -0.4 is 21.3 Å². The molecule has 53 heavy (non-hydrogen) atoms. The van der Waals surface area contributed by atoms with Crippen molar-refractivity contribution in [2.45, 2.75) is 160 Å². The van der Waals surface area contributed by atoms with Crippen LogP contribution in [0.1, 0.15) is 119 Å². The maximum absolute atomic E-state index is 14.9. The van der Waals surface area contributed by atoms with Crippen molar-refractivity contribution in [3.8, 4) is 0 Å². The van der Waals surface area contributed by atoms with Gasteiger partial charge in [-0.25, -0.2) is 14.1 Å². The van der Waals surface area contributed by atoms with Gasteiger partial charge in [0.2, 0.25) is 17.6 Å². The molecule has 2 unspecified atom stereocenters. The minimum Gasteiger partial charge on any atom is -0.347 e. The number of nitrogens with one attached hydrogen (secondary N) is 4. The molecular formula is C40H61N7O5S. The predicted octanol–water partition coefficient (Wildman–Crippen LogP) is 4.98. The number of urea groups is 1. The number of ketones is 1. The van der Waals surface area contributed by atoms with E-state index in [4.69, 9.17) is 0 Å². The van der Waals surface area contributed by atoms with E-state index >= 15 is 0 Å². The summed E-state index contributed by atoms with van der Waals surface area (Å²) in [5, 5.41) is 12.9. The van der Waals surface area contributed by atoms with E-state index in [1.165, 1.54) is 0 Å². The van der Waals surface area contributed by atoms with Crippen LogP contribution in [0, 0.1) is 21.7 Å². The molecule has 292 valence electrons. The van der Waals surface area contributed by atoms with Crippen molar-refractivity contribution in [1.82, 2.24) is 35.5 Å². The maximum atomic E-state index is 14.9. The molecule has 0 aromatic carbocycles. The molecule has 5 amide bonds. The summed E-state index contributed by atoms with van der Waals surface area (Å²) in [5.74, 6) is -2.01. The second kappa shape index (κ2) is 15.2. The van der Waals surface area contributed by atoms with Gasteiger partial charge in [-0.1, -0.05) is 73.3 Å². The second-order valence-corrected chi connectivity index (χ2v) is 19.1. The van der Waals surface area contributed by atoms with Gasteiger partial charge in [0.15, 0.2) is 0 Å². The van der Waals surface area contributed by atoms with Crippen LogP contribution in [0.3, 0.4) is 0 Å². The lowest BCUT2D eigenvalue weighted by Crippen LogP contribution is -2.61. The molecule has 0 radical (unpaired) electrons. The van der Waals surface area contributed by atoms with E-state index in [-0.39, 0.29) is 40.3 Å². The summed E-state index contributed by atoms with van der Waals surface area (Å²) in [6.45, 7) is 12.6. The molecule has 6 rings (SSSR count). The Hall–Kier alpha value is -3.19. The van der Waals surface area contributed by atoms with Gasteiger partial charge in [0.25, 0.3) is 5.91 Å². The third-order valence-corrected chi connectivity index (χ3v) is 14.5. The third-order valence-electron chi connectivity index (χ3n) is 13.5. The van der Waals surface area contributed by atoms with Crippen molar-refractivity contribution in [1.29, 1.82) is 0 Å². The molecule has 1 aromatic heterocycles. The summed E-state index contributed by atoms with van der Waals surface area (Å²) in [6.07, 6.45) is 12.0. The molecule has 6 atom stereocenters. The number of likely N-dealkylation sites (tertiary alicyclic amines) is 1. The second-order valence-electron chi connectivity index (χ2n) is 18.0. The summed E-state index contributed by atoms with van der Waals surface area (Å²) in [7, 11) is 2.03. The molecule has 4 saturated carbocycles. The average molecular weight is 752 g/mol. The van der Waals surface area contributed by atoms with E-state index in [1.54, 1.807) is 23.0 Å². The van der Waals surface area contributed by atoms with Crippen LogP contribution in [-0.4, -0.2) is 93.6 Å². The summed E-state index contributed by atoms with van der Waals surface area (Å²) >= 11 is 1.56. The zero-order valence-corrected chi connectivity index (χ0v) is 33.6. The Balaban J connectivity index is 1.20. The summed E-state index contributed by atoms with van der Waals surface area (Å²) in [4.78, 5) is 75.3. The van der Waals surface area contributed by atoms with E-state index in [0.29, 0.717) is 25.8 Å². The quantitative estimate of drug-likeness (QED) is 0.163. The number of hydrogen-bond acceptors (Lipinski definition) is 8. The van der Waals surface area contributed by atoms with Gasteiger partial charge in [-0.15, -0.1) is 0 Å². The fraction of sp³-hybridized carbons (Fsp3) is 0.750. The Bertz CT molecular complexity index is 1560. The molecule has 13 heteroatoms. The number of likely N-dealkylation sites (N-methyl/N-ethyl adjacent to an activating group) is 1. The number of rotatable bonds is 13. The van der Waals surface area contributed by atoms with Gasteiger partial charge in [-0.3, -0.25) is 19.2 Å². The first kappa shape index (κ1) is 39.5. The van der Waals surface area contributed by atoms with Crippen LogP contribution in [0.4, 0.5) is 4.79 Å². The Kier molecular flexibility index (Phi) is 11.3. The lowest BCUT2D eigenvalue weighted by Gasteiger charge is -2.39. The Labute approximate surface area is 319 Å². The molecule has 4 N–H and O–H groups in total. The lowest BCUT2D eigenvalue weighted by atomic mass is 9.73. The van der Waals surface area contributed by atoms with E-state index in [0.717, 1.165) is 62.8 Å². The first-order chi connectivity index (χ1) is 25.0.